The van der Waals surface area contributed by atoms with Gasteiger partial charge in [0.1, 0.15) is 5.75 Å². The summed E-state index contributed by atoms with van der Waals surface area (Å²) >= 11 is 6.37. The maximum atomic E-state index is 10.8. The number of hydrogen-bond donors (Lipinski definition) is 2. The van der Waals surface area contributed by atoms with E-state index < -0.39 is 6.16 Å². The van der Waals surface area contributed by atoms with E-state index in [0.717, 1.165) is 33.8 Å². The Morgan fingerprint density at radius 2 is 2.07 bits per heavy atom. The van der Waals surface area contributed by atoms with E-state index in [-0.39, 0.29) is 11.8 Å². The first kappa shape index (κ1) is 18.3. The second kappa shape index (κ2) is 7.16. The molecule has 0 spiro atoms. The first-order chi connectivity index (χ1) is 13.4. The monoisotopic (exact) mass is 398 g/mol. The highest BCUT2D eigenvalue weighted by atomic mass is 35.5. The van der Waals surface area contributed by atoms with Gasteiger partial charge < -0.3 is 9.84 Å². The molecule has 0 aliphatic heterocycles. The predicted octanol–water partition coefficient (Wildman–Crippen LogP) is 5.26. The number of nitrogens with one attached hydrogen (secondary N) is 1. The van der Waals surface area contributed by atoms with Gasteiger partial charge in [-0.3, -0.25) is 9.78 Å². The molecule has 1 unspecified atom stereocenters. The van der Waals surface area contributed by atoms with E-state index in [1.165, 1.54) is 0 Å². The molecule has 0 saturated heterocycles. The van der Waals surface area contributed by atoms with Crippen LogP contribution in [0.4, 0.5) is 4.79 Å². The SMILES string of the molecule is CC(C)CC(c1cc(Cl)cc2cn[nH]c12)n1ncc2cc(OC(=O)O)ccc21. The van der Waals surface area contributed by atoms with Crippen LogP contribution in [0.1, 0.15) is 31.9 Å². The van der Waals surface area contributed by atoms with Crippen LogP contribution in [-0.4, -0.2) is 31.2 Å². The van der Waals surface area contributed by atoms with E-state index in [0.29, 0.717) is 10.9 Å². The van der Waals surface area contributed by atoms with Crippen molar-refractivity contribution in [3.8, 4) is 5.75 Å². The minimum Gasteiger partial charge on any atom is -0.449 e. The lowest BCUT2D eigenvalue weighted by molar-refractivity contribution is 0.144. The fourth-order valence-electron chi connectivity index (χ4n) is 3.56. The van der Waals surface area contributed by atoms with Gasteiger partial charge in [-0.05, 0) is 42.7 Å². The highest BCUT2D eigenvalue weighted by Crippen LogP contribution is 2.35. The van der Waals surface area contributed by atoms with E-state index in [9.17, 15) is 4.79 Å². The minimum atomic E-state index is -1.34. The molecule has 8 heteroatoms. The third-order valence-electron chi connectivity index (χ3n) is 4.67. The van der Waals surface area contributed by atoms with E-state index >= 15 is 0 Å². The van der Waals surface area contributed by atoms with E-state index in [1.54, 1.807) is 24.5 Å². The number of hydrogen-bond acceptors (Lipinski definition) is 4. The summed E-state index contributed by atoms with van der Waals surface area (Å²) in [7, 11) is 0. The Balaban J connectivity index is 1.86. The lowest BCUT2D eigenvalue weighted by atomic mass is 9.95. The number of benzene rings is 2. The van der Waals surface area contributed by atoms with Crippen molar-refractivity contribution in [2.75, 3.05) is 0 Å². The Bertz CT molecular complexity index is 1160. The molecule has 0 aliphatic rings. The molecule has 28 heavy (non-hydrogen) atoms. The normalized spacial score (nSPS) is 12.7. The Kier molecular flexibility index (Phi) is 4.68. The molecule has 1 atom stereocenters. The Morgan fingerprint density at radius 3 is 2.82 bits per heavy atom. The Labute approximate surface area is 165 Å². The van der Waals surface area contributed by atoms with Crippen molar-refractivity contribution in [2.24, 2.45) is 5.92 Å². The van der Waals surface area contributed by atoms with Crippen molar-refractivity contribution in [3.05, 3.63) is 53.3 Å². The third-order valence-corrected chi connectivity index (χ3v) is 4.88. The zero-order chi connectivity index (χ0) is 19.8. The fourth-order valence-corrected chi connectivity index (χ4v) is 3.79. The maximum Gasteiger partial charge on any atom is 0.511 e. The van der Waals surface area contributed by atoms with Crippen LogP contribution < -0.4 is 4.74 Å². The molecule has 7 nitrogen and oxygen atoms in total. The lowest BCUT2D eigenvalue weighted by Crippen LogP contribution is -2.15. The summed E-state index contributed by atoms with van der Waals surface area (Å²) in [4.78, 5) is 10.8. The van der Waals surface area contributed by atoms with Gasteiger partial charge in [0, 0.05) is 21.4 Å². The number of ether oxygens (including phenoxy) is 1. The fraction of sp³-hybridized carbons (Fsp3) is 0.250. The summed E-state index contributed by atoms with van der Waals surface area (Å²) in [6.07, 6.45) is 2.98. The highest BCUT2D eigenvalue weighted by Gasteiger charge is 2.22. The molecule has 144 valence electrons. The van der Waals surface area contributed by atoms with Gasteiger partial charge in [0.2, 0.25) is 0 Å². The average molecular weight is 399 g/mol. The number of rotatable bonds is 5. The molecule has 0 fully saturated rings. The quantitative estimate of drug-likeness (QED) is 0.353. The molecule has 0 bridgehead atoms. The van der Waals surface area contributed by atoms with Gasteiger partial charge >= 0.3 is 6.16 Å². The number of aromatic amines is 1. The van der Waals surface area contributed by atoms with Crippen molar-refractivity contribution in [1.82, 2.24) is 20.0 Å². The Morgan fingerprint density at radius 1 is 1.25 bits per heavy atom. The van der Waals surface area contributed by atoms with Crippen LogP contribution >= 0.6 is 11.6 Å². The van der Waals surface area contributed by atoms with E-state index in [1.807, 2.05) is 22.9 Å². The van der Waals surface area contributed by atoms with E-state index in [2.05, 4.69) is 29.1 Å². The van der Waals surface area contributed by atoms with Gasteiger partial charge in [-0.1, -0.05) is 25.4 Å². The van der Waals surface area contributed by atoms with Crippen LogP contribution in [0, 0.1) is 5.92 Å². The summed E-state index contributed by atoms with van der Waals surface area (Å²) < 4.78 is 6.70. The van der Waals surface area contributed by atoms with Gasteiger partial charge in [-0.15, -0.1) is 0 Å². The zero-order valence-electron chi connectivity index (χ0n) is 15.4. The standard InChI is InChI=1S/C20H19ClN4O3/c1-11(2)5-18(16-8-14(21)6-13-9-22-24-19(13)16)25-17-4-3-15(28-20(26)27)7-12(17)10-23-25/h3-4,6-11,18H,5H2,1-2H3,(H,22,24)(H,26,27). The smallest absolute Gasteiger partial charge is 0.449 e. The second-order valence-corrected chi connectivity index (χ2v) is 7.59. The van der Waals surface area contributed by atoms with Gasteiger partial charge in [-0.25, -0.2) is 4.79 Å². The molecule has 2 heterocycles. The molecule has 4 rings (SSSR count). The van der Waals surface area contributed by atoms with E-state index in [4.69, 9.17) is 21.4 Å². The summed E-state index contributed by atoms with van der Waals surface area (Å²) in [6, 6.07) is 8.89. The third kappa shape index (κ3) is 3.41. The maximum absolute atomic E-state index is 10.8. The molecular formula is C20H19ClN4O3. The van der Waals surface area contributed by atoms with Crippen LogP contribution in [0.25, 0.3) is 21.8 Å². The number of halogens is 1. The topological polar surface area (TPSA) is 93.0 Å². The molecule has 0 radical (unpaired) electrons. The van der Waals surface area contributed by atoms with Crippen molar-refractivity contribution >= 4 is 39.6 Å². The molecule has 0 amide bonds. The number of fused-ring (bicyclic) bond motifs is 2. The molecular weight excluding hydrogens is 380 g/mol. The van der Waals surface area contributed by atoms with Gasteiger partial charge in [-0.2, -0.15) is 10.2 Å². The summed E-state index contributed by atoms with van der Waals surface area (Å²) in [5.41, 5.74) is 2.84. The number of H-pyrrole nitrogens is 1. The van der Waals surface area contributed by atoms with Crippen LogP contribution in [-0.2, 0) is 0 Å². The zero-order valence-corrected chi connectivity index (χ0v) is 16.1. The Hall–Kier alpha value is -3.06. The summed E-state index contributed by atoms with van der Waals surface area (Å²) in [5, 5.41) is 23.1. The molecule has 4 aromatic rings. The van der Waals surface area contributed by atoms with Gasteiger partial charge in [0.05, 0.1) is 29.5 Å². The molecule has 2 aromatic heterocycles. The molecule has 0 saturated carbocycles. The number of carboxylic acid groups (broad SMARTS) is 1. The van der Waals surface area contributed by atoms with Crippen molar-refractivity contribution in [2.45, 2.75) is 26.3 Å². The van der Waals surface area contributed by atoms with Crippen molar-refractivity contribution in [3.63, 3.8) is 0 Å². The summed E-state index contributed by atoms with van der Waals surface area (Å²) in [5.74, 6) is 0.675. The first-order valence-corrected chi connectivity index (χ1v) is 9.30. The summed E-state index contributed by atoms with van der Waals surface area (Å²) in [6.45, 7) is 4.32. The largest absolute Gasteiger partial charge is 0.511 e. The van der Waals surface area contributed by atoms with Crippen LogP contribution in [0.15, 0.2) is 42.7 Å². The highest BCUT2D eigenvalue weighted by molar-refractivity contribution is 6.31. The second-order valence-electron chi connectivity index (χ2n) is 7.15. The lowest BCUT2D eigenvalue weighted by Gasteiger charge is -2.22. The molecule has 2 aromatic carbocycles. The predicted molar refractivity (Wildman–Crippen MR) is 107 cm³/mol. The van der Waals surface area contributed by atoms with Crippen LogP contribution in [0.5, 0.6) is 5.75 Å². The number of carbonyl (C=O) groups is 1. The van der Waals surface area contributed by atoms with Gasteiger partial charge in [0.25, 0.3) is 0 Å². The number of nitrogens with zero attached hydrogens (tertiary/aromatic N) is 3. The van der Waals surface area contributed by atoms with Crippen molar-refractivity contribution in [1.29, 1.82) is 0 Å². The van der Waals surface area contributed by atoms with Gasteiger partial charge in [0.15, 0.2) is 0 Å². The minimum absolute atomic E-state index is 0.0645. The first-order valence-electron chi connectivity index (χ1n) is 8.93. The van der Waals surface area contributed by atoms with Crippen LogP contribution in [0.2, 0.25) is 5.02 Å². The molecule has 2 N–H and O–H groups in total. The van der Waals surface area contributed by atoms with Crippen LogP contribution in [0.3, 0.4) is 0 Å². The number of aromatic nitrogens is 4. The average Bonchev–Trinajstić information content (AvgIpc) is 3.24. The van der Waals surface area contributed by atoms with Crippen molar-refractivity contribution < 1.29 is 14.6 Å². The molecule has 0 aliphatic carbocycles.